The zero-order valence-corrected chi connectivity index (χ0v) is 31.7. The molecule has 8 heteroatoms. The Morgan fingerprint density at radius 1 is 0.321 bits per heavy atom. The number of hydrogen-bond acceptors (Lipinski definition) is 8. The van der Waals surface area contributed by atoms with Gasteiger partial charge in [-0.05, 0) is 168 Å². The lowest BCUT2D eigenvalue weighted by atomic mass is 9.93. The van der Waals surface area contributed by atoms with Crippen LogP contribution in [0.4, 0.5) is 0 Å². The van der Waals surface area contributed by atoms with Crippen molar-refractivity contribution in [3.8, 4) is 23.0 Å². The minimum Gasteiger partial charge on any atom is -0.504 e. The number of unbranched alkanes of at least 4 members (excludes halogenated alkanes) is 6. The van der Waals surface area contributed by atoms with Crippen molar-refractivity contribution in [3.63, 3.8) is 0 Å². The maximum absolute atomic E-state index is 10.4. The van der Waals surface area contributed by atoms with Crippen LogP contribution in [0.25, 0.3) is 0 Å². The van der Waals surface area contributed by atoms with Crippen molar-refractivity contribution in [3.05, 3.63) is 118 Å². The molecule has 53 heavy (non-hydrogen) atoms. The average Bonchev–Trinajstić information content (AvgIpc) is 3.17. The number of hydrogen-bond donors (Lipinski definition) is 8. The third kappa shape index (κ3) is 16.6. The van der Waals surface area contributed by atoms with Gasteiger partial charge in [-0.3, -0.25) is 0 Å². The summed E-state index contributed by atoms with van der Waals surface area (Å²) in [5, 5.41) is 55.5. The smallest absolute Gasteiger partial charge is 0.157 e. The molecule has 0 bridgehead atoms. The number of benzene rings is 4. The van der Waals surface area contributed by atoms with Crippen molar-refractivity contribution in [2.45, 2.75) is 83.5 Å². The quantitative estimate of drug-likeness (QED) is 0.0229. The number of phenolic OH excluding ortho intramolecular Hbond substituents is 4. The van der Waals surface area contributed by atoms with Gasteiger partial charge in [0.25, 0.3) is 0 Å². The third-order valence-electron chi connectivity index (χ3n) is 9.90. The number of rotatable bonds is 28. The molecule has 4 aromatic carbocycles. The van der Waals surface area contributed by atoms with E-state index >= 15 is 0 Å². The van der Waals surface area contributed by atoms with E-state index in [1.807, 2.05) is 0 Å². The molecule has 0 aliphatic heterocycles. The number of nitrogens with one attached hydrogen (secondary N) is 4. The fraction of sp³-hybridized carbons (Fsp3) is 0.467. The van der Waals surface area contributed by atoms with Gasteiger partial charge in [-0.25, -0.2) is 0 Å². The molecule has 0 fully saturated rings. The summed E-state index contributed by atoms with van der Waals surface area (Å²) < 4.78 is 0. The maximum atomic E-state index is 10.4. The Kier molecular flexibility index (Phi) is 19.7. The van der Waals surface area contributed by atoms with E-state index < -0.39 is 0 Å². The molecule has 4 rings (SSSR count). The fourth-order valence-corrected chi connectivity index (χ4v) is 6.73. The highest BCUT2D eigenvalue weighted by atomic mass is 16.3. The number of aromatic hydroxyl groups is 4. The molecule has 0 unspecified atom stereocenters. The van der Waals surface area contributed by atoms with Crippen LogP contribution in [-0.2, 0) is 32.1 Å². The summed E-state index contributed by atoms with van der Waals surface area (Å²) in [6.07, 6.45) is 13.4. The van der Waals surface area contributed by atoms with Crippen molar-refractivity contribution in [2.75, 3.05) is 52.4 Å². The maximum Gasteiger partial charge on any atom is 0.157 e. The fourth-order valence-electron chi connectivity index (χ4n) is 6.73. The first-order valence-electron chi connectivity index (χ1n) is 20.0. The summed E-state index contributed by atoms with van der Waals surface area (Å²) in [6.45, 7) is 7.55. The zero-order chi connectivity index (χ0) is 37.4. The van der Waals surface area contributed by atoms with Gasteiger partial charge in [-0.15, -0.1) is 0 Å². The highest BCUT2D eigenvalue weighted by Gasteiger charge is 2.14. The van der Waals surface area contributed by atoms with Crippen LogP contribution in [0.2, 0.25) is 0 Å². The van der Waals surface area contributed by atoms with E-state index in [2.05, 4.69) is 81.9 Å². The van der Waals surface area contributed by atoms with E-state index in [0.717, 1.165) is 100 Å². The molecule has 0 radical (unpaired) electrons. The topological polar surface area (TPSA) is 129 Å². The van der Waals surface area contributed by atoms with Crippen LogP contribution in [0.1, 0.15) is 84.7 Å². The van der Waals surface area contributed by atoms with Crippen LogP contribution in [0.3, 0.4) is 0 Å². The molecule has 0 saturated heterocycles. The first-order chi connectivity index (χ1) is 26.0. The Morgan fingerprint density at radius 2 is 0.623 bits per heavy atom. The third-order valence-corrected chi connectivity index (χ3v) is 9.90. The average molecular weight is 725 g/mol. The number of phenols is 4. The highest BCUT2D eigenvalue weighted by molar-refractivity contribution is 5.51. The van der Waals surface area contributed by atoms with Gasteiger partial charge in [-0.1, -0.05) is 86.3 Å². The molecule has 8 N–H and O–H groups in total. The summed E-state index contributed by atoms with van der Waals surface area (Å²) >= 11 is 0. The Labute approximate surface area is 318 Å². The van der Waals surface area contributed by atoms with E-state index in [9.17, 15) is 20.4 Å². The monoisotopic (exact) mass is 724 g/mol. The summed E-state index contributed by atoms with van der Waals surface area (Å²) in [7, 11) is 0. The highest BCUT2D eigenvalue weighted by Crippen LogP contribution is 2.34. The van der Waals surface area contributed by atoms with Crippen molar-refractivity contribution in [1.29, 1.82) is 0 Å². The Hall–Kier alpha value is -4.08. The molecule has 0 aliphatic carbocycles. The summed E-state index contributed by atoms with van der Waals surface area (Å²) in [5.41, 5.74) is 6.46. The molecule has 0 heterocycles. The molecular weight excluding hydrogens is 661 g/mol. The molecule has 0 spiro atoms. The lowest BCUT2D eigenvalue weighted by molar-refractivity contribution is 0.401. The van der Waals surface area contributed by atoms with Gasteiger partial charge in [0.1, 0.15) is 0 Å². The second-order valence-corrected chi connectivity index (χ2v) is 14.2. The van der Waals surface area contributed by atoms with Crippen LogP contribution < -0.4 is 21.3 Å². The van der Waals surface area contributed by atoms with Crippen molar-refractivity contribution in [1.82, 2.24) is 21.3 Å². The molecule has 0 aromatic heterocycles. The summed E-state index contributed by atoms with van der Waals surface area (Å²) in [5.74, 6) is -0.558. The standard InChI is InChI=1S/C45H64N4O4/c50-42-32-38(21-29-48-25-13-3-1-11-23-46-27-19-36-15-7-5-8-16-36)40(34-44(42)52)31-41-35-45(53)43(51)33-39(41)22-30-49-26-14-4-2-12-24-47-28-20-37-17-9-6-10-18-37/h5-10,15-18,32-35,46-53H,1-4,11-14,19-31H2. The molecule has 0 aliphatic rings. The Morgan fingerprint density at radius 3 is 0.962 bits per heavy atom. The van der Waals surface area contributed by atoms with Gasteiger partial charge >= 0.3 is 0 Å². The van der Waals surface area contributed by atoms with Gasteiger partial charge in [0.2, 0.25) is 0 Å². The largest absolute Gasteiger partial charge is 0.504 e. The molecular formula is C45H64N4O4. The first-order valence-corrected chi connectivity index (χ1v) is 20.0. The zero-order valence-electron chi connectivity index (χ0n) is 31.7. The van der Waals surface area contributed by atoms with Gasteiger partial charge in [-0.2, -0.15) is 0 Å². The van der Waals surface area contributed by atoms with Gasteiger partial charge in [0, 0.05) is 0 Å². The SMILES string of the molecule is Oc1cc(CCNCCCCCCNCCc2ccccc2)c(Cc2cc(O)c(O)cc2CCNCCCCCCNCCc2ccccc2)cc1O. The Bertz CT molecular complexity index is 1450. The lowest BCUT2D eigenvalue weighted by Gasteiger charge is -2.16. The first kappa shape index (κ1) is 41.7. The second kappa shape index (κ2) is 25.0. The van der Waals surface area contributed by atoms with E-state index in [-0.39, 0.29) is 23.0 Å². The van der Waals surface area contributed by atoms with Crippen molar-refractivity contribution >= 4 is 0 Å². The van der Waals surface area contributed by atoms with Gasteiger partial charge in [0.05, 0.1) is 0 Å². The molecule has 0 atom stereocenters. The van der Waals surface area contributed by atoms with Gasteiger partial charge in [0.15, 0.2) is 23.0 Å². The molecule has 288 valence electrons. The lowest BCUT2D eigenvalue weighted by Crippen LogP contribution is -2.20. The van der Waals surface area contributed by atoms with Crippen LogP contribution in [0.15, 0.2) is 84.9 Å². The van der Waals surface area contributed by atoms with E-state index in [0.29, 0.717) is 19.3 Å². The van der Waals surface area contributed by atoms with Gasteiger partial charge < -0.3 is 41.7 Å². The minimum absolute atomic E-state index is 0.126. The van der Waals surface area contributed by atoms with E-state index in [4.69, 9.17) is 0 Å². The Balaban J connectivity index is 1.10. The van der Waals surface area contributed by atoms with E-state index in [1.54, 1.807) is 24.3 Å². The van der Waals surface area contributed by atoms with E-state index in [1.165, 1.54) is 49.7 Å². The molecule has 4 aromatic rings. The predicted octanol–water partition coefficient (Wildman–Crippen LogP) is 7.15. The van der Waals surface area contributed by atoms with Crippen LogP contribution in [-0.4, -0.2) is 72.8 Å². The van der Waals surface area contributed by atoms with Crippen molar-refractivity contribution < 1.29 is 20.4 Å². The normalized spacial score (nSPS) is 11.3. The van der Waals surface area contributed by atoms with Crippen LogP contribution in [0, 0.1) is 0 Å². The summed E-state index contributed by atoms with van der Waals surface area (Å²) in [6, 6.07) is 27.7. The molecule has 0 saturated carbocycles. The second-order valence-electron chi connectivity index (χ2n) is 14.2. The predicted molar refractivity (Wildman–Crippen MR) is 218 cm³/mol. The summed E-state index contributed by atoms with van der Waals surface area (Å²) in [4.78, 5) is 0. The molecule has 0 amide bonds. The minimum atomic E-state index is -0.152. The van der Waals surface area contributed by atoms with Crippen molar-refractivity contribution in [2.24, 2.45) is 0 Å². The van der Waals surface area contributed by atoms with Crippen LogP contribution in [0.5, 0.6) is 23.0 Å². The van der Waals surface area contributed by atoms with Crippen LogP contribution >= 0.6 is 0 Å². The molecule has 8 nitrogen and oxygen atoms in total.